The van der Waals surface area contributed by atoms with Crippen LogP contribution in [0.3, 0.4) is 0 Å². The zero-order valence-corrected chi connectivity index (χ0v) is 37.2. The van der Waals surface area contributed by atoms with Gasteiger partial charge in [0.05, 0.1) is 10.5 Å². The van der Waals surface area contributed by atoms with Crippen molar-refractivity contribution in [3.63, 3.8) is 0 Å². The van der Waals surface area contributed by atoms with Crippen LogP contribution in [0.15, 0.2) is 78.8 Å². The van der Waals surface area contributed by atoms with E-state index in [0.717, 1.165) is 80.7 Å². The molecule has 0 bridgehead atoms. The molecular weight excluding hydrogens is 906 g/mol. The number of halogens is 3. The number of rotatable bonds is 9. The molecule has 0 spiro atoms. The number of ketones is 1. The quantitative estimate of drug-likeness (QED) is 0.0680. The number of carbonyl (C=O) groups is 1. The van der Waals surface area contributed by atoms with Crippen molar-refractivity contribution in [1.82, 2.24) is 4.98 Å². The summed E-state index contributed by atoms with van der Waals surface area (Å²) >= 11 is 1.38. The van der Waals surface area contributed by atoms with Crippen LogP contribution in [0, 0.1) is 38.7 Å². The van der Waals surface area contributed by atoms with E-state index in [9.17, 15) is 23.1 Å². The summed E-state index contributed by atoms with van der Waals surface area (Å²) in [5, 5.41) is 14.0. The van der Waals surface area contributed by atoms with Crippen LogP contribution in [0.4, 0.5) is 13.2 Å². The van der Waals surface area contributed by atoms with Gasteiger partial charge < -0.3 is 5.11 Å². The molecule has 4 aromatic carbocycles. The largest absolute Gasteiger partial charge is 0.567 e. The van der Waals surface area contributed by atoms with Crippen molar-refractivity contribution >= 4 is 48.9 Å². The van der Waals surface area contributed by atoms with Crippen LogP contribution in [-0.4, -0.2) is 15.9 Å². The topological polar surface area (TPSA) is 54.1 Å². The number of carbonyl (C=O) groups excluding carboxylic acids is 1. The Hall–Kier alpha value is -3.91. The summed E-state index contributed by atoms with van der Waals surface area (Å²) in [5.41, 5.74) is 5.95. The Morgan fingerprint density at radius 1 is 0.875 bits per heavy atom. The van der Waals surface area contributed by atoms with Gasteiger partial charge in [-0.25, -0.2) is 0 Å². The number of nitrogens with zero attached hydrogens (tertiary/aromatic N) is 2. The molecule has 0 saturated carbocycles. The predicted molar refractivity (Wildman–Crippen MR) is 223 cm³/mol. The molecule has 6 rings (SSSR count). The Morgan fingerprint density at radius 3 is 2.05 bits per heavy atom. The smallest absolute Gasteiger partial charge is 0.512 e. The molecule has 4 nitrogen and oxygen atoms in total. The van der Waals surface area contributed by atoms with Crippen LogP contribution in [0.2, 0.25) is 0 Å². The zero-order valence-electron chi connectivity index (χ0n) is 34.0. The zero-order chi connectivity index (χ0) is 40.4. The van der Waals surface area contributed by atoms with Crippen molar-refractivity contribution in [3.8, 4) is 21.7 Å². The van der Waals surface area contributed by atoms with Gasteiger partial charge in [0.2, 0.25) is 0 Å². The van der Waals surface area contributed by atoms with Crippen molar-refractivity contribution < 1.29 is 47.7 Å². The van der Waals surface area contributed by atoms with Gasteiger partial charge in [0, 0.05) is 48.5 Å². The second-order valence-electron chi connectivity index (χ2n) is 15.5. The number of aliphatic hydroxyl groups is 1. The third-order valence-corrected chi connectivity index (χ3v) is 12.1. The average Bonchev–Trinajstić information content (AvgIpc) is 3.47. The molecular formula is C47H53F3IrN2O2S. The van der Waals surface area contributed by atoms with Crippen LogP contribution in [0.5, 0.6) is 0 Å². The predicted octanol–water partition coefficient (Wildman–Crippen LogP) is 13.6. The van der Waals surface area contributed by atoms with E-state index >= 15 is 0 Å². The standard InChI is InChI=1S/C34H29F3N2S.C13H24O2.Ir/c1-19-15-22-11-7-9-13-25(22)20(2)28(19)31-21(3)30-32(40-31)29(38-18-39(30)34(35,36)37)24-16-23-12-8-10-14-26(23)27(17-24)33(4,5)6;1-5-10(6-2)12(14)9-13(15)11(7-3)8-4;/h7-15,17-18H,1-6H3;9-11,14H,5-8H2,1-4H3;/b;12-9-;. The first kappa shape index (κ1) is 44.8. The molecule has 0 saturated heterocycles. The van der Waals surface area contributed by atoms with Gasteiger partial charge in [-0.05, 0) is 79.3 Å². The van der Waals surface area contributed by atoms with Gasteiger partial charge in [0.25, 0.3) is 6.33 Å². The SMILES string of the molecule is CCC(CC)C(=O)/C=C(\O)C(CC)CC.Cc1cc2ccccc2c(C)c1-c1sc2c(-c3[c-]c4ccccc4c(C(C)(C)C)c3)nc[n+](C(F)(F)F)c2c1C.[Ir]. The summed E-state index contributed by atoms with van der Waals surface area (Å²) in [6.45, 7) is 20.4. The van der Waals surface area contributed by atoms with Gasteiger partial charge in [-0.2, -0.15) is 0 Å². The molecule has 0 fully saturated rings. The van der Waals surface area contributed by atoms with E-state index in [1.165, 1.54) is 17.4 Å². The van der Waals surface area contributed by atoms with Gasteiger partial charge in [-0.1, -0.05) is 113 Å². The second-order valence-corrected chi connectivity index (χ2v) is 16.5. The van der Waals surface area contributed by atoms with Crippen LogP contribution in [0.1, 0.15) is 96.4 Å². The summed E-state index contributed by atoms with van der Waals surface area (Å²) in [6, 6.07) is 23.8. The molecule has 1 radical (unpaired) electrons. The van der Waals surface area contributed by atoms with E-state index in [0.29, 0.717) is 26.1 Å². The van der Waals surface area contributed by atoms with Crippen LogP contribution in [0.25, 0.3) is 53.5 Å². The summed E-state index contributed by atoms with van der Waals surface area (Å²) < 4.78 is 43.9. The number of hydrogen-bond donors (Lipinski definition) is 1. The van der Waals surface area contributed by atoms with Crippen molar-refractivity contribution in [2.75, 3.05) is 0 Å². The Labute approximate surface area is 347 Å². The maximum absolute atomic E-state index is 14.4. The van der Waals surface area contributed by atoms with Gasteiger partial charge in [0.15, 0.2) is 11.3 Å². The molecule has 0 aliphatic rings. The summed E-state index contributed by atoms with van der Waals surface area (Å²) in [7, 11) is 0. The maximum atomic E-state index is 14.4. The fourth-order valence-electron chi connectivity index (χ4n) is 7.62. The van der Waals surface area contributed by atoms with Crippen molar-refractivity contribution in [2.24, 2.45) is 11.8 Å². The first-order valence-electron chi connectivity index (χ1n) is 19.3. The molecule has 6 aromatic rings. The Balaban J connectivity index is 0.000000372. The number of aryl methyl sites for hydroxylation is 3. The molecule has 299 valence electrons. The molecule has 2 aromatic heterocycles. The number of alkyl halides is 3. The molecule has 0 unspecified atom stereocenters. The minimum absolute atomic E-state index is 0. The van der Waals surface area contributed by atoms with Crippen molar-refractivity contribution in [3.05, 3.63) is 107 Å². The molecule has 2 heterocycles. The van der Waals surface area contributed by atoms with Gasteiger partial charge in [0.1, 0.15) is 5.69 Å². The number of aliphatic hydroxyl groups excluding tert-OH is 1. The number of aromatic nitrogens is 2. The minimum atomic E-state index is -4.61. The fraction of sp³-hybridized carbons (Fsp3) is 0.383. The van der Waals surface area contributed by atoms with E-state index in [4.69, 9.17) is 0 Å². The molecule has 0 aliphatic carbocycles. The summed E-state index contributed by atoms with van der Waals surface area (Å²) in [4.78, 5) is 17.0. The van der Waals surface area contributed by atoms with E-state index in [2.05, 4.69) is 63.0 Å². The van der Waals surface area contributed by atoms with Crippen molar-refractivity contribution in [2.45, 2.75) is 107 Å². The Morgan fingerprint density at radius 2 is 1.46 bits per heavy atom. The molecule has 1 N–H and O–H groups in total. The maximum Gasteiger partial charge on any atom is 0.567 e. The number of thiophene rings is 1. The monoisotopic (exact) mass is 959 g/mol. The first-order chi connectivity index (χ1) is 26.0. The van der Waals surface area contributed by atoms with E-state index in [1.807, 2.05) is 71.0 Å². The van der Waals surface area contributed by atoms with Crippen LogP contribution >= 0.6 is 11.3 Å². The Bertz CT molecular complexity index is 2380. The minimum Gasteiger partial charge on any atom is -0.512 e. The van der Waals surface area contributed by atoms with Crippen molar-refractivity contribution in [1.29, 1.82) is 0 Å². The third kappa shape index (κ3) is 9.11. The molecule has 9 heteroatoms. The molecule has 0 aliphatic heterocycles. The first-order valence-corrected chi connectivity index (χ1v) is 20.1. The second kappa shape index (κ2) is 18.1. The van der Waals surface area contributed by atoms with E-state index in [-0.39, 0.29) is 54.4 Å². The van der Waals surface area contributed by atoms with Gasteiger partial charge in [-0.3, -0.25) is 4.79 Å². The van der Waals surface area contributed by atoms with E-state index in [1.54, 1.807) is 6.92 Å². The molecule has 56 heavy (non-hydrogen) atoms. The number of benzene rings is 4. The number of fused-ring (bicyclic) bond motifs is 3. The fourth-order valence-corrected chi connectivity index (χ4v) is 9.09. The van der Waals surface area contributed by atoms with Gasteiger partial charge >= 0.3 is 6.30 Å². The van der Waals surface area contributed by atoms with Crippen LogP contribution < -0.4 is 4.57 Å². The number of allylic oxidation sites excluding steroid dienone is 2. The number of hydrogen-bond acceptors (Lipinski definition) is 4. The summed E-state index contributed by atoms with van der Waals surface area (Å²) in [6.07, 6.45) is 1.22. The third-order valence-electron chi connectivity index (χ3n) is 10.8. The van der Waals surface area contributed by atoms with E-state index < -0.39 is 6.30 Å². The molecule has 0 amide bonds. The Kier molecular flexibility index (Phi) is 14.5. The average molecular weight is 959 g/mol. The van der Waals surface area contributed by atoms with Crippen LogP contribution in [-0.2, 0) is 36.6 Å². The van der Waals surface area contributed by atoms with Gasteiger partial charge in [-0.15, -0.1) is 58.2 Å². The summed E-state index contributed by atoms with van der Waals surface area (Å²) in [5.74, 6) is 0.547. The normalized spacial score (nSPS) is 12.4. The molecule has 0 atom stereocenters.